The molecule has 3 nitrogen and oxygen atoms in total. The first-order chi connectivity index (χ1) is 8.85. The van der Waals surface area contributed by atoms with E-state index < -0.39 is 6.36 Å². The molecule has 0 radical (unpaired) electrons. The predicted molar refractivity (Wildman–Crippen MR) is 66.8 cm³/mol. The maximum absolute atomic E-state index is 12.1. The van der Waals surface area contributed by atoms with Crippen LogP contribution in [0.25, 0.3) is 0 Å². The first-order valence-corrected chi connectivity index (χ1v) is 6.57. The average molecular weight is 341 g/mol. The number of carbonyl (C=O) groups excluding carboxylic acids is 1. The Morgan fingerprint density at radius 3 is 2.58 bits per heavy atom. The fourth-order valence-electron chi connectivity index (χ4n) is 1.43. The molecule has 0 fully saturated rings. The van der Waals surface area contributed by atoms with Gasteiger partial charge in [-0.05, 0) is 13.0 Å². The second-order valence-electron chi connectivity index (χ2n) is 3.60. The third kappa shape index (κ3) is 5.50. The normalized spacial score (nSPS) is 11.2. The molecule has 106 valence electrons. The van der Waals surface area contributed by atoms with E-state index in [1.165, 1.54) is 6.07 Å². The van der Waals surface area contributed by atoms with Gasteiger partial charge in [-0.3, -0.25) is 4.79 Å². The van der Waals surface area contributed by atoms with Gasteiger partial charge < -0.3 is 9.47 Å². The maximum atomic E-state index is 12.1. The molecule has 1 aromatic rings. The molecule has 0 aliphatic heterocycles. The van der Waals surface area contributed by atoms with Gasteiger partial charge in [-0.15, -0.1) is 13.2 Å². The summed E-state index contributed by atoms with van der Waals surface area (Å²) in [6.07, 6.45) is -4.66. The summed E-state index contributed by atoms with van der Waals surface area (Å²) in [4.78, 5) is 11.3. The van der Waals surface area contributed by atoms with Crippen molar-refractivity contribution < 1.29 is 27.4 Å². The van der Waals surface area contributed by atoms with Gasteiger partial charge in [0.05, 0.1) is 11.9 Å². The molecule has 0 aliphatic rings. The lowest BCUT2D eigenvalue weighted by Gasteiger charge is -2.13. The number of ketones is 1. The summed E-state index contributed by atoms with van der Waals surface area (Å²) in [5, 5.41) is 0.180. The summed E-state index contributed by atoms with van der Waals surface area (Å²) in [7, 11) is 0. The van der Waals surface area contributed by atoms with Crippen LogP contribution in [0, 0.1) is 0 Å². The lowest BCUT2D eigenvalue weighted by atomic mass is 10.1. The van der Waals surface area contributed by atoms with Gasteiger partial charge in [0.2, 0.25) is 0 Å². The standard InChI is InChI=1S/C12H12BrF3O3/c1-2-18-11-6-10(19-12(14,15)16)4-3-8(11)5-9(17)7-13/h3-4,6H,2,5,7H2,1H3. The Balaban J connectivity index is 2.97. The lowest BCUT2D eigenvalue weighted by molar-refractivity contribution is -0.274. The van der Waals surface area contributed by atoms with Crippen molar-refractivity contribution in [1.29, 1.82) is 0 Å². The quantitative estimate of drug-likeness (QED) is 0.743. The van der Waals surface area contributed by atoms with Crippen LogP contribution in [-0.2, 0) is 11.2 Å². The molecule has 19 heavy (non-hydrogen) atoms. The second-order valence-corrected chi connectivity index (χ2v) is 4.16. The SMILES string of the molecule is CCOc1cc(OC(F)(F)F)ccc1CC(=O)CBr. The minimum Gasteiger partial charge on any atom is -0.493 e. The molecule has 0 saturated heterocycles. The Morgan fingerprint density at radius 1 is 1.37 bits per heavy atom. The van der Waals surface area contributed by atoms with Gasteiger partial charge in [0, 0.05) is 18.1 Å². The van der Waals surface area contributed by atoms with E-state index >= 15 is 0 Å². The predicted octanol–water partition coefficient (Wildman–Crippen LogP) is 3.49. The van der Waals surface area contributed by atoms with E-state index in [0.29, 0.717) is 5.56 Å². The van der Waals surface area contributed by atoms with Crippen LogP contribution in [-0.4, -0.2) is 24.1 Å². The topological polar surface area (TPSA) is 35.5 Å². The molecule has 0 aliphatic carbocycles. The molecule has 0 N–H and O–H groups in total. The highest BCUT2D eigenvalue weighted by Gasteiger charge is 2.31. The van der Waals surface area contributed by atoms with Crippen molar-refractivity contribution in [3.05, 3.63) is 23.8 Å². The largest absolute Gasteiger partial charge is 0.573 e. The number of hydrogen-bond acceptors (Lipinski definition) is 3. The Hall–Kier alpha value is -1.24. The molecule has 0 aromatic heterocycles. The number of carbonyl (C=O) groups is 1. The van der Waals surface area contributed by atoms with E-state index in [1.807, 2.05) is 0 Å². The number of Topliss-reactive ketones (excluding diaryl/α,β-unsaturated/α-hetero) is 1. The van der Waals surface area contributed by atoms with E-state index in [4.69, 9.17) is 4.74 Å². The zero-order valence-electron chi connectivity index (χ0n) is 10.1. The monoisotopic (exact) mass is 340 g/mol. The van der Waals surface area contributed by atoms with E-state index in [9.17, 15) is 18.0 Å². The molecule has 1 rings (SSSR count). The van der Waals surface area contributed by atoms with Crippen LogP contribution in [0.15, 0.2) is 18.2 Å². The van der Waals surface area contributed by atoms with Crippen molar-refractivity contribution in [2.24, 2.45) is 0 Å². The average Bonchev–Trinajstić information content (AvgIpc) is 2.30. The van der Waals surface area contributed by atoms with Crippen LogP contribution in [0.1, 0.15) is 12.5 Å². The third-order valence-electron chi connectivity index (χ3n) is 2.11. The first-order valence-electron chi connectivity index (χ1n) is 5.45. The zero-order chi connectivity index (χ0) is 14.5. The van der Waals surface area contributed by atoms with Gasteiger partial charge in [-0.25, -0.2) is 0 Å². The molecule has 0 atom stereocenters. The fourth-order valence-corrected chi connectivity index (χ4v) is 1.63. The van der Waals surface area contributed by atoms with Crippen molar-refractivity contribution in [3.8, 4) is 11.5 Å². The fraction of sp³-hybridized carbons (Fsp3) is 0.417. The van der Waals surface area contributed by atoms with Gasteiger partial charge in [0.1, 0.15) is 17.3 Å². The minimum atomic E-state index is -4.75. The third-order valence-corrected chi connectivity index (χ3v) is 2.73. The molecule has 0 amide bonds. The Labute approximate surface area is 116 Å². The Morgan fingerprint density at radius 2 is 2.05 bits per heavy atom. The van der Waals surface area contributed by atoms with Crippen LogP contribution in [0.2, 0.25) is 0 Å². The number of benzene rings is 1. The molecular weight excluding hydrogens is 329 g/mol. The Bertz CT molecular complexity index is 446. The number of hydrogen-bond donors (Lipinski definition) is 0. The van der Waals surface area contributed by atoms with Crippen LogP contribution >= 0.6 is 15.9 Å². The van der Waals surface area contributed by atoms with E-state index in [2.05, 4.69) is 20.7 Å². The van der Waals surface area contributed by atoms with Gasteiger partial charge in [-0.2, -0.15) is 0 Å². The van der Waals surface area contributed by atoms with E-state index in [1.54, 1.807) is 6.92 Å². The highest BCUT2D eigenvalue weighted by atomic mass is 79.9. The van der Waals surface area contributed by atoms with Crippen molar-refractivity contribution >= 4 is 21.7 Å². The van der Waals surface area contributed by atoms with Gasteiger partial charge in [0.25, 0.3) is 0 Å². The maximum Gasteiger partial charge on any atom is 0.573 e. The number of ether oxygens (including phenoxy) is 2. The molecule has 0 unspecified atom stereocenters. The highest BCUT2D eigenvalue weighted by molar-refractivity contribution is 9.09. The van der Waals surface area contributed by atoms with Crippen LogP contribution < -0.4 is 9.47 Å². The van der Waals surface area contributed by atoms with Crippen LogP contribution in [0.4, 0.5) is 13.2 Å². The smallest absolute Gasteiger partial charge is 0.493 e. The van der Waals surface area contributed by atoms with Crippen molar-refractivity contribution in [2.45, 2.75) is 19.7 Å². The minimum absolute atomic E-state index is 0.0902. The summed E-state index contributed by atoms with van der Waals surface area (Å²) in [6.45, 7) is 1.98. The van der Waals surface area contributed by atoms with Crippen molar-refractivity contribution in [2.75, 3.05) is 11.9 Å². The van der Waals surface area contributed by atoms with E-state index in [0.717, 1.165) is 12.1 Å². The van der Waals surface area contributed by atoms with Crippen LogP contribution in [0.3, 0.4) is 0 Å². The number of rotatable bonds is 6. The van der Waals surface area contributed by atoms with Gasteiger partial charge in [0.15, 0.2) is 0 Å². The van der Waals surface area contributed by atoms with Crippen molar-refractivity contribution in [3.63, 3.8) is 0 Å². The van der Waals surface area contributed by atoms with Crippen LogP contribution in [0.5, 0.6) is 11.5 Å². The molecule has 0 bridgehead atoms. The molecule has 7 heteroatoms. The summed E-state index contributed by atoms with van der Waals surface area (Å²) in [5.41, 5.74) is 0.529. The molecule has 0 heterocycles. The lowest BCUT2D eigenvalue weighted by Crippen LogP contribution is -2.17. The molecule has 0 spiro atoms. The molecular formula is C12H12BrF3O3. The number of halogens is 4. The molecule has 0 saturated carbocycles. The summed E-state index contributed by atoms with van der Waals surface area (Å²) in [5.74, 6) is -0.241. The summed E-state index contributed by atoms with van der Waals surface area (Å²) in [6, 6.07) is 3.69. The van der Waals surface area contributed by atoms with E-state index in [-0.39, 0.29) is 35.6 Å². The Kier molecular flexibility index (Phi) is 5.65. The summed E-state index contributed by atoms with van der Waals surface area (Å²) >= 11 is 3.03. The van der Waals surface area contributed by atoms with Gasteiger partial charge >= 0.3 is 6.36 Å². The zero-order valence-corrected chi connectivity index (χ0v) is 11.7. The van der Waals surface area contributed by atoms with Gasteiger partial charge in [-0.1, -0.05) is 22.0 Å². The first kappa shape index (κ1) is 15.8. The molecule has 1 aromatic carbocycles. The van der Waals surface area contributed by atoms with Crippen molar-refractivity contribution in [1.82, 2.24) is 0 Å². The highest BCUT2D eigenvalue weighted by Crippen LogP contribution is 2.29. The second kappa shape index (κ2) is 6.79. The summed E-state index contributed by atoms with van der Waals surface area (Å²) < 4.78 is 45.3. The number of alkyl halides is 4.